The first-order valence-electron chi connectivity index (χ1n) is 1.13. The highest BCUT2D eigenvalue weighted by molar-refractivity contribution is 6.18. The smallest absolute Gasteiger partial charge is 0.299 e. The highest BCUT2D eigenvalue weighted by atomic mass is 28.1. The Morgan fingerprint density at radius 1 is 2.00 bits per heavy atom. The SMILES string of the molecule is O=C(O)C[Si]. The van der Waals surface area contributed by atoms with Gasteiger partial charge in [-0.2, -0.15) is 0 Å². The van der Waals surface area contributed by atoms with E-state index in [9.17, 15) is 4.79 Å². The second-order valence-corrected chi connectivity index (χ2v) is 0.924. The monoisotopic (exact) mass is 87.0 g/mol. The van der Waals surface area contributed by atoms with Crippen molar-refractivity contribution in [3.8, 4) is 0 Å². The Bertz CT molecular complexity index is 42.9. The Morgan fingerprint density at radius 3 is 2.20 bits per heavy atom. The van der Waals surface area contributed by atoms with Crippen LogP contribution in [-0.4, -0.2) is 21.3 Å². The lowest BCUT2D eigenvalue weighted by Crippen LogP contribution is -1.89. The van der Waals surface area contributed by atoms with Crippen LogP contribution < -0.4 is 0 Å². The molecular formula is C2H3O2Si. The van der Waals surface area contributed by atoms with Gasteiger partial charge in [0.25, 0.3) is 5.97 Å². The fourth-order valence-electron chi connectivity index (χ4n) is 0. The minimum atomic E-state index is -0.832. The quantitative estimate of drug-likeness (QED) is 0.444. The van der Waals surface area contributed by atoms with E-state index in [2.05, 4.69) is 10.2 Å². The molecule has 0 saturated heterocycles. The van der Waals surface area contributed by atoms with Crippen molar-refractivity contribution in [3.63, 3.8) is 0 Å². The van der Waals surface area contributed by atoms with Crippen LogP contribution in [-0.2, 0) is 4.79 Å². The minimum absolute atomic E-state index is 0.0278. The first-order chi connectivity index (χ1) is 2.27. The van der Waals surface area contributed by atoms with E-state index in [-0.39, 0.29) is 6.04 Å². The third-order valence-corrected chi connectivity index (χ3v) is 0.454. The molecule has 3 radical (unpaired) electrons. The van der Waals surface area contributed by atoms with Crippen LogP contribution in [0.15, 0.2) is 0 Å². The summed E-state index contributed by atoms with van der Waals surface area (Å²) in [5.41, 5.74) is 0. The molecule has 0 unspecified atom stereocenters. The van der Waals surface area contributed by atoms with Gasteiger partial charge in [0.1, 0.15) is 0 Å². The molecule has 0 aliphatic heterocycles. The Morgan fingerprint density at radius 2 is 2.20 bits per heavy atom. The van der Waals surface area contributed by atoms with Crippen molar-refractivity contribution in [2.24, 2.45) is 0 Å². The predicted molar refractivity (Wildman–Crippen MR) is 18.2 cm³/mol. The zero-order valence-corrected chi connectivity index (χ0v) is 3.56. The van der Waals surface area contributed by atoms with E-state index in [0.29, 0.717) is 0 Å². The number of carbonyl (C=O) groups is 1. The molecule has 5 heavy (non-hydrogen) atoms. The summed E-state index contributed by atoms with van der Waals surface area (Å²) in [6.07, 6.45) is 0. The van der Waals surface area contributed by atoms with E-state index in [1.165, 1.54) is 0 Å². The first-order valence-corrected chi connectivity index (χ1v) is 1.84. The molecule has 0 bridgehead atoms. The lowest BCUT2D eigenvalue weighted by atomic mass is 10.8. The molecule has 2 nitrogen and oxygen atoms in total. The van der Waals surface area contributed by atoms with Crippen molar-refractivity contribution in [1.82, 2.24) is 0 Å². The molecule has 0 fully saturated rings. The summed E-state index contributed by atoms with van der Waals surface area (Å²) < 4.78 is 0. The normalized spacial score (nSPS) is 7.40. The summed E-state index contributed by atoms with van der Waals surface area (Å²) >= 11 is 0. The van der Waals surface area contributed by atoms with Gasteiger partial charge in [-0.3, -0.25) is 4.79 Å². The zero-order chi connectivity index (χ0) is 4.28. The summed E-state index contributed by atoms with van der Waals surface area (Å²) in [7, 11) is 2.76. The maximum atomic E-state index is 9.32. The molecule has 0 aliphatic carbocycles. The molecular weight excluding hydrogens is 84.1 g/mol. The van der Waals surface area contributed by atoms with Gasteiger partial charge in [-0.1, -0.05) is 0 Å². The van der Waals surface area contributed by atoms with Crippen LogP contribution in [0.2, 0.25) is 6.04 Å². The standard InChI is InChI=1S/C2H3O2Si/c3-2(4)1-5/h1H2,(H,3,4). The summed E-state index contributed by atoms with van der Waals surface area (Å²) in [6, 6.07) is 0.0278. The lowest BCUT2D eigenvalue weighted by Gasteiger charge is -1.71. The summed E-state index contributed by atoms with van der Waals surface area (Å²) in [6.45, 7) is 0. The number of hydrogen-bond donors (Lipinski definition) is 1. The van der Waals surface area contributed by atoms with Crippen molar-refractivity contribution in [2.75, 3.05) is 0 Å². The maximum absolute atomic E-state index is 9.32. The van der Waals surface area contributed by atoms with Gasteiger partial charge in [-0.15, -0.1) is 0 Å². The fourth-order valence-corrected chi connectivity index (χ4v) is 0. The summed E-state index contributed by atoms with van der Waals surface area (Å²) in [4.78, 5) is 9.32. The average molecular weight is 87.1 g/mol. The number of rotatable bonds is 1. The Labute approximate surface area is 33.2 Å². The van der Waals surface area contributed by atoms with E-state index in [4.69, 9.17) is 5.11 Å². The van der Waals surface area contributed by atoms with Crippen LogP contribution in [0.4, 0.5) is 0 Å². The first kappa shape index (κ1) is 4.69. The predicted octanol–water partition coefficient (Wildman–Crippen LogP) is -0.342. The Kier molecular flexibility index (Phi) is 1.84. The Hall–Kier alpha value is -0.313. The molecule has 0 heterocycles. The average Bonchev–Trinajstić information content (AvgIpc) is 1.38. The van der Waals surface area contributed by atoms with Crippen LogP contribution >= 0.6 is 0 Å². The number of hydrogen-bond acceptors (Lipinski definition) is 1. The van der Waals surface area contributed by atoms with Crippen LogP contribution in [0.1, 0.15) is 0 Å². The van der Waals surface area contributed by atoms with Gasteiger partial charge in [0.15, 0.2) is 0 Å². The minimum Gasteiger partial charge on any atom is -0.481 e. The van der Waals surface area contributed by atoms with Crippen molar-refractivity contribution >= 4 is 16.2 Å². The largest absolute Gasteiger partial charge is 0.481 e. The molecule has 0 aromatic carbocycles. The maximum Gasteiger partial charge on any atom is 0.299 e. The lowest BCUT2D eigenvalue weighted by molar-refractivity contribution is -0.134. The molecule has 0 aliphatic rings. The van der Waals surface area contributed by atoms with Crippen molar-refractivity contribution < 1.29 is 9.90 Å². The highest BCUT2D eigenvalue weighted by Gasteiger charge is 1.81. The molecule has 0 amide bonds. The molecule has 3 heteroatoms. The second-order valence-electron chi connectivity index (χ2n) is 0.571. The third-order valence-electron chi connectivity index (χ3n) is 0.151. The summed E-state index contributed by atoms with van der Waals surface area (Å²) in [5, 5.41) is 7.67. The molecule has 0 aromatic rings. The molecule has 1 N–H and O–H groups in total. The molecule has 0 aromatic heterocycles. The molecule has 0 saturated carbocycles. The van der Waals surface area contributed by atoms with E-state index in [0.717, 1.165) is 0 Å². The van der Waals surface area contributed by atoms with Gasteiger partial charge in [-0.25, -0.2) is 0 Å². The zero-order valence-electron chi connectivity index (χ0n) is 2.56. The van der Waals surface area contributed by atoms with Crippen molar-refractivity contribution in [3.05, 3.63) is 0 Å². The fraction of sp³-hybridized carbons (Fsp3) is 0.500. The topological polar surface area (TPSA) is 37.3 Å². The van der Waals surface area contributed by atoms with Gasteiger partial charge >= 0.3 is 0 Å². The van der Waals surface area contributed by atoms with Crippen molar-refractivity contribution in [1.29, 1.82) is 0 Å². The Balaban J connectivity index is 2.85. The summed E-state index contributed by atoms with van der Waals surface area (Å²) in [5.74, 6) is -0.832. The number of carboxylic acid groups (broad SMARTS) is 1. The van der Waals surface area contributed by atoms with Crippen molar-refractivity contribution in [2.45, 2.75) is 6.04 Å². The van der Waals surface area contributed by atoms with Crippen LogP contribution in [0.3, 0.4) is 0 Å². The van der Waals surface area contributed by atoms with Gasteiger partial charge in [0.2, 0.25) is 0 Å². The van der Waals surface area contributed by atoms with E-state index in [1.54, 1.807) is 0 Å². The van der Waals surface area contributed by atoms with Gasteiger partial charge < -0.3 is 5.11 Å². The van der Waals surface area contributed by atoms with Gasteiger partial charge in [0.05, 0.1) is 0 Å². The molecule has 0 spiro atoms. The van der Waals surface area contributed by atoms with E-state index >= 15 is 0 Å². The highest BCUT2D eigenvalue weighted by Crippen LogP contribution is 1.63. The van der Waals surface area contributed by atoms with Crippen LogP contribution in [0, 0.1) is 0 Å². The number of aliphatic carboxylic acids is 1. The van der Waals surface area contributed by atoms with Gasteiger partial charge in [-0.05, 0) is 0 Å². The van der Waals surface area contributed by atoms with E-state index < -0.39 is 5.97 Å². The molecule has 0 atom stereocenters. The second kappa shape index (κ2) is 1.96. The third kappa shape index (κ3) is 3.69. The van der Waals surface area contributed by atoms with Crippen LogP contribution in [0.5, 0.6) is 0 Å². The van der Waals surface area contributed by atoms with Gasteiger partial charge in [0, 0.05) is 16.3 Å². The number of carboxylic acids is 1. The molecule has 27 valence electrons. The molecule has 0 rings (SSSR count). The van der Waals surface area contributed by atoms with Crippen LogP contribution in [0.25, 0.3) is 0 Å². The van der Waals surface area contributed by atoms with E-state index in [1.807, 2.05) is 0 Å².